The molecule has 10 nitrogen and oxygen atoms in total. The normalized spacial score (nSPS) is 15.2. The number of ether oxygens (including phenoxy) is 3. The summed E-state index contributed by atoms with van der Waals surface area (Å²) in [5, 5.41) is 2.80. The molecule has 0 radical (unpaired) electrons. The SMILES string of the molecule is CCCCCOc1cc(N2CC(C)CN(Cc3ccc(CNC(=O)c4cnco4)cc3OC)C2=O)ccc1OC. The fourth-order valence-electron chi connectivity index (χ4n) is 4.73. The molecule has 2 aromatic carbocycles. The van der Waals surface area contributed by atoms with E-state index in [-0.39, 0.29) is 23.6 Å². The number of unbranched alkanes of at least 4 members (excludes halogenated alkanes) is 2. The van der Waals surface area contributed by atoms with E-state index < -0.39 is 0 Å². The summed E-state index contributed by atoms with van der Waals surface area (Å²) in [6.45, 7) is 6.82. The first-order valence-corrected chi connectivity index (χ1v) is 13.6. The highest BCUT2D eigenvalue weighted by molar-refractivity contribution is 5.93. The number of hydrogen-bond donors (Lipinski definition) is 1. The Morgan fingerprint density at radius 1 is 1.07 bits per heavy atom. The van der Waals surface area contributed by atoms with E-state index in [4.69, 9.17) is 18.6 Å². The molecule has 1 aliphatic heterocycles. The molecule has 3 amide bonds. The van der Waals surface area contributed by atoms with E-state index in [1.165, 1.54) is 12.6 Å². The minimum absolute atomic E-state index is 0.0781. The van der Waals surface area contributed by atoms with Gasteiger partial charge in [0, 0.05) is 37.0 Å². The summed E-state index contributed by atoms with van der Waals surface area (Å²) in [7, 11) is 3.22. The van der Waals surface area contributed by atoms with Gasteiger partial charge < -0.3 is 28.8 Å². The Hall–Kier alpha value is -4.21. The van der Waals surface area contributed by atoms with Crippen molar-refractivity contribution >= 4 is 17.6 Å². The zero-order valence-corrected chi connectivity index (χ0v) is 23.6. The number of methoxy groups -OCH3 is 2. The smallest absolute Gasteiger partial charge is 0.324 e. The molecule has 0 saturated carbocycles. The Balaban J connectivity index is 1.46. The maximum Gasteiger partial charge on any atom is 0.324 e. The van der Waals surface area contributed by atoms with Crippen molar-refractivity contribution in [2.75, 3.05) is 38.8 Å². The van der Waals surface area contributed by atoms with Gasteiger partial charge in [-0.25, -0.2) is 9.78 Å². The molecular weight excluding hydrogens is 512 g/mol. The molecule has 3 aromatic rings. The Morgan fingerprint density at radius 2 is 1.90 bits per heavy atom. The summed E-state index contributed by atoms with van der Waals surface area (Å²) >= 11 is 0. The molecule has 214 valence electrons. The molecule has 1 atom stereocenters. The van der Waals surface area contributed by atoms with Crippen LogP contribution in [0.3, 0.4) is 0 Å². The molecule has 1 aliphatic rings. The number of carbonyl (C=O) groups excluding carboxylic acids is 2. The maximum absolute atomic E-state index is 13.7. The van der Waals surface area contributed by atoms with Crippen LogP contribution in [-0.2, 0) is 13.1 Å². The fraction of sp³-hybridized carbons (Fsp3) is 0.433. The van der Waals surface area contributed by atoms with Crippen molar-refractivity contribution in [3.63, 3.8) is 0 Å². The summed E-state index contributed by atoms with van der Waals surface area (Å²) in [6, 6.07) is 11.3. The quantitative estimate of drug-likeness (QED) is 0.289. The summed E-state index contributed by atoms with van der Waals surface area (Å²) in [6.07, 6.45) is 5.76. The van der Waals surface area contributed by atoms with Gasteiger partial charge in [-0.1, -0.05) is 38.8 Å². The second-order valence-corrected chi connectivity index (χ2v) is 9.96. The standard InChI is InChI=1S/C30H38N4O6/c1-5-6-7-12-39-27-14-24(10-11-25(27)37-3)34-18-21(2)17-33(30(34)36)19-23-9-8-22(13-26(23)38-4)15-32-29(35)28-16-31-20-40-28/h8-11,13-14,16,20-21H,5-7,12,15,17-19H2,1-4H3,(H,32,35). The van der Waals surface area contributed by atoms with Crippen LogP contribution in [0.2, 0.25) is 0 Å². The molecule has 1 saturated heterocycles. The van der Waals surface area contributed by atoms with Crippen LogP contribution >= 0.6 is 0 Å². The lowest BCUT2D eigenvalue weighted by Crippen LogP contribution is -2.52. The zero-order chi connectivity index (χ0) is 28.5. The molecule has 1 unspecified atom stereocenters. The highest BCUT2D eigenvalue weighted by Crippen LogP contribution is 2.34. The van der Waals surface area contributed by atoms with Crippen molar-refractivity contribution in [2.45, 2.75) is 46.2 Å². The largest absolute Gasteiger partial charge is 0.496 e. The highest BCUT2D eigenvalue weighted by atomic mass is 16.5. The van der Waals surface area contributed by atoms with E-state index in [1.54, 1.807) is 19.1 Å². The van der Waals surface area contributed by atoms with Crippen molar-refractivity contribution in [3.05, 3.63) is 65.9 Å². The van der Waals surface area contributed by atoms with Crippen LogP contribution in [0.5, 0.6) is 17.2 Å². The molecule has 0 aliphatic carbocycles. The van der Waals surface area contributed by atoms with Gasteiger partial charge >= 0.3 is 6.03 Å². The van der Waals surface area contributed by atoms with Crippen LogP contribution in [0, 0.1) is 5.92 Å². The Kier molecular flexibility index (Phi) is 9.88. The second-order valence-electron chi connectivity index (χ2n) is 9.96. The number of rotatable bonds is 13. The molecule has 1 fully saturated rings. The number of oxazole rings is 1. The number of nitrogens with zero attached hydrogens (tertiary/aromatic N) is 3. The molecule has 10 heteroatoms. The first-order valence-electron chi connectivity index (χ1n) is 13.6. The lowest BCUT2D eigenvalue weighted by molar-refractivity contribution is 0.0923. The minimum atomic E-state index is -0.346. The number of benzene rings is 2. The second kappa shape index (κ2) is 13.7. The molecule has 40 heavy (non-hydrogen) atoms. The first kappa shape index (κ1) is 28.8. The number of urea groups is 1. The summed E-state index contributed by atoms with van der Waals surface area (Å²) < 4.78 is 22.2. The van der Waals surface area contributed by atoms with E-state index in [0.29, 0.717) is 50.0 Å². The number of amides is 3. The molecule has 1 aromatic heterocycles. The Bertz CT molecular complexity index is 1280. The van der Waals surface area contributed by atoms with Crippen molar-refractivity contribution in [1.82, 2.24) is 15.2 Å². The van der Waals surface area contributed by atoms with Crippen LogP contribution in [0.4, 0.5) is 10.5 Å². The number of nitrogens with one attached hydrogen (secondary N) is 1. The number of carbonyl (C=O) groups is 2. The summed E-state index contributed by atoms with van der Waals surface area (Å²) in [5.41, 5.74) is 2.51. The van der Waals surface area contributed by atoms with E-state index >= 15 is 0 Å². The average molecular weight is 551 g/mol. The van der Waals surface area contributed by atoms with Gasteiger partial charge in [0.05, 0.1) is 33.6 Å². The minimum Gasteiger partial charge on any atom is -0.496 e. The molecule has 4 rings (SSSR count). The van der Waals surface area contributed by atoms with E-state index in [1.807, 2.05) is 41.3 Å². The van der Waals surface area contributed by atoms with E-state index in [0.717, 1.165) is 36.1 Å². The Labute approximate surface area is 235 Å². The maximum atomic E-state index is 13.7. The van der Waals surface area contributed by atoms with Crippen LogP contribution in [0.25, 0.3) is 0 Å². The van der Waals surface area contributed by atoms with Gasteiger partial charge in [-0.15, -0.1) is 0 Å². The summed E-state index contributed by atoms with van der Waals surface area (Å²) in [5.74, 6) is 2.00. The lowest BCUT2D eigenvalue weighted by atomic mass is 10.1. The predicted octanol–water partition coefficient (Wildman–Crippen LogP) is 5.27. The fourth-order valence-corrected chi connectivity index (χ4v) is 4.73. The van der Waals surface area contributed by atoms with E-state index in [2.05, 4.69) is 24.1 Å². The van der Waals surface area contributed by atoms with Crippen LogP contribution in [0.15, 0.2) is 53.4 Å². The van der Waals surface area contributed by atoms with Gasteiger partial charge in [-0.05, 0) is 36.1 Å². The summed E-state index contributed by atoms with van der Waals surface area (Å²) in [4.78, 5) is 33.2. The molecule has 0 spiro atoms. The topological polar surface area (TPSA) is 106 Å². The predicted molar refractivity (Wildman–Crippen MR) is 151 cm³/mol. The van der Waals surface area contributed by atoms with Gasteiger partial charge in [0.1, 0.15) is 5.75 Å². The third kappa shape index (κ3) is 7.05. The molecular formula is C30H38N4O6. The molecule has 2 heterocycles. The van der Waals surface area contributed by atoms with Crippen LogP contribution in [-0.4, -0.2) is 55.7 Å². The lowest BCUT2D eigenvalue weighted by Gasteiger charge is -2.39. The van der Waals surface area contributed by atoms with Gasteiger partial charge in [-0.2, -0.15) is 0 Å². The molecule has 0 bridgehead atoms. The zero-order valence-electron chi connectivity index (χ0n) is 23.6. The first-order chi connectivity index (χ1) is 19.4. The van der Waals surface area contributed by atoms with E-state index in [9.17, 15) is 9.59 Å². The Morgan fingerprint density at radius 3 is 2.62 bits per heavy atom. The van der Waals surface area contributed by atoms with Gasteiger partial charge in [-0.3, -0.25) is 9.69 Å². The van der Waals surface area contributed by atoms with Crippen molar-refractivity contribution < 1.29 is 28.2 Å². The van der Waals surface area contributed by atoms with Gasteiger partial charge in [0.25, 0.3) is 5.91 Å². The monoisotopic (exact) mass is 550 g/mol. The number of anilines is 1. The average Bonchev–Trinajstić information content (AvgIpc) is 3.51. The van der Waals surface area contributed by atoms with Crippen LogP contribution in [0.1, 0.15) is 54.8 Å². The number of hydrogen-bond acceptors (Lipinski definition) is 7. The number of aromatic nitrogens is 1. The third-order valence-corrected chi connectivity index (χ3v) is 6.81. The highest BCUT2D eigenvalue weighted by Gasteiger charge is 2.32. The third-order valence-electron chi connectivity index (χ3n) is 6.81. The van der Waals surface area contributed by atoms with Crippen molar-refractivity contribution in [3.8, 4) is 17.2 Å². The van der Waals surface area contributed by atoms with Gasteiger partial charge in [0.2, 0.25) is 5.76 Å². The van der Waals surface area contributed by atoms with Crippen molar-refractivity contribution in [2.24, 2.45) is 5.92 Å². The molecule has 1 N–H and O–H groups in total. The van der Waals surface area contributed by atoms with Gasteiger partial charge in [0.15, 0.2) is 17.9 Å². The van der Waals surface area contributed by atoms with Crippen molar-refractivity contribution in [1.29, 1.82) is 0 Å². The van der Waals surface area contributed by atoms with Crippen LogP contribution < -0.4 is 24.4 Å².